The van der Waals surface area contributed by atoms with E-state index in [9.17, 15) is 31.9 Å². The van der Waals surface area contributed by atoms with E-state index in [4.69, 9.17) is 0 Å². The van der Waals surface area contributed by atoms with Gasteiger partial charge in [0, 0.05) is 12.4 Å². The van der Waals surface area contributed by atoms with Crippen LogP contribution in [0.25, 0.3) is 5.78 Å². The molecular formula is C16H8Br2F5N3O2. The molecule has 12 heteroatoms. The zero-order valence-corrected chi connectivity index (χ0v) is 16.9. The Morgan fingerprint density at radius 2 is 1.79 bits per heavy atom. The summed E-state index contributed by atoms with van der Waals surface area (Å²) in [7, 11) is 0. The van der Waals surface area contributed by atoms with Gasteiger partial charge in [0.1, 0.15) is 11.4 Å². The number of rotatable bonds is 3. The fourth-order valence-corrected chi connectivity index (χ4v) is 3.61. The number of aryl methyl sites for hydroxylation is 1. The lowest BCUT2D eigenvalue weighted by Crippen LogP contribution is -2.15. The van der Waals surface area contributed by atoms with Crippen LogP contribution in [0.5, 0.6) is 5.75 Å². The number of halogens is 7. The number of aromatic nitrogens is 3. The summed E-state index contributed by atoms with van der Waals surface area (Å²) in [6.45, 7) is 1.57. The van der Waals surface area contributed by atoms with Gasteiger partial charge in [-0.3, -0.25) is 9.20 Å². The number of imidazole rings is 1. The number of phenols is 1. The number of benzene rings is 1. The van der Waals surface area contributed by atoms with Gasteiger partial charge in [-0.1, -0.05) is 6.92 Å². The molecule has 0 unspecified atom stereocenters. The SMILES string of the molecule is CCc1nc2ncc(C(F)(F)F)cn2c1C(=O)c1c(F)c(Br)c(O)c(Br)c1F. The Morgan fingerprint density at radius 1 is 1.21 bits per heavy atom. The molecule has 2 heterocycles. The number of aromatic hydroxyl groups is 1. The lowest BCUT2D eigenvalue weighted by molar-refractivity contribution is -0.138. The second-order valence-corrected chi connectivity index (χ2v) is 7.17. The molecule has 0 aliphatic rings. The standard InChI is InChI=1S/C16H8Br2F5N3O2/c1-2-6-12(26-4-5(16(21,22)23)3-24-15(26)25-6)13(27)7-10(19)8(17)14(28)9(18)11(7)20/h3-4,28H,2H2,1H3. The maximum atomic E-state index is 14.5. The highest BCUT2D eigenvalue weighted by molar-refractivity contribution is 9.11. The molecule has 0 spiro atoms. The number of hydrogen-bond acceptors (Lipinski definition) is 4. The van der Waals surface area contributed by atoms with Gasteiger partial charge in [0.2, 0.25) is 11.6 Å². The molecule has 1 N–H and O–H groups in total. The quantitative estimate of drug-likeness (QED) is 0.293. The van der Waals surface area contributed by atoms with Crippen molar-refractivity contribution < 1.29 is 31.9 Å². The topological polar surface area (TPSA) is 67.5 Å². The van der Waals surface area contributed by atoms with Crippen molar-refractivity contribution in [3.05, 3.63) is 55.5 Å². The summed E-state index contributed by atoms with van der Waals surface area (Å²) < 4.78 is 67.7. The molecule has 0 fully saturated rings. The minimum absolute atomic E-state index is 0.0101. The van der Waals surface area contributed by atoms with Crippen LogP contribution in [0.4, 0.5) is 22.0 Å². The Balaban J connectivity index is 2.34. The smallest absolute Gasteiger partial charge is 0.419 e. The molecule has 3 aromatic rings. The van der Waals surface area contributed by atoms with Gasteiger partial charge in [-0.05, 0) is 38.3 Å². The average Bonchev–Trinajstić information content (AvgIpc) is 3.01. The van der Waals surface area contributed by atoms with Crippen molar-refractivity contribution in [1.82, 2.24) is 14.4 Å². The summed E-state index contributed by atoms with van der Waals surface area (Å²) >= 11 is 5.42. The molecular weight excluding hydrogens is 521 g/mol. The minimum Gasteiger partial charge on any atom is -0.505 e. The molecule has 28 heavy (non-hydrogen) atoms. The second kappa shape index (κ2) is 7.07. The Kier molecular flexibility index (Phi) is 5.21. The van der Waals surface area contributed by atoms with Gasteiger partial charge in [0.05, 0.1) is 25.8 Å². The van der Waals surface area contributed by atoms with Crippen LogP contribution in [-0.2, 0) is 12.6 Å². The van der Waals surface area contributed by atoms with Crippen molar-refractivity contribution in [2.45, 2.75) is 19.5 Å². The van der Waals surface area contributed by atoms with Crippen LogP contribution in [0.3, 0.4) is 0 Å². The maximum absolute atomic E-state index is 14.5. The van der Waals surface area contributed by atoms with Crippen molar-refractivity contribution in [3.63, 3.8) is 0 Å². The van der Waals surface area contributed by atoms with Gasteiger partial charge < -0.3 is 5.11 Å². The average molecular weight is 529 g/mol. The van der Waals surface area contributed by atoms with E-state index in [1.54, 1.807) is 6.92 Å². The van der Waals surface area contributed by atoms with Gasteiger partial charge in [-0.2, -0.15) is 13.2 Å². The summed E-state index contributed by atoms with van der Waals surface area (Å²) in [6, 6.07) is 0. The molecule has 0 radical (unpaired) electrons. The summed E-state index contributed by atoms with van der Waals surface area (Å²) in [5.74, 6) is -5.09. The summed E-state index contributed by atoms with van der Waals surface area (Å²) in [6.07, 6.45) is -3.53. The first-order valence-electron chi connectivity index (χ1n) is 7.52. The largest absolute Gasteiger partial charge is 0.505 e. The van der Waals surface area contributed by atoms with Crippen LogP contribution in [0.1, 0.15) is 34.2 Å². The summed E-state index contributed by atoms with van der Waals surface area (Å²) in [4.78, 5) is 20.5. The van der Waals surface area contributed by atoms with Gasteiger partial charge in [-0.25, -0.2) is 18.7 Å². The molecule has 2 aromatic heterocycles. The van der Waals surface area contributed by atoms with Crippen molar-refractivity contribution in [1.29, 1.82) is 0 Å². The molecule has 0 atom stereocenters. The third kappa shape index (κ3) is 3.17. The minimum atomic E-state index is -4.75. The normalized spacial score (nSPS) is 12.0. The third-order valence-electron chi connectivity index (χ3n) is 3.90. The van der Waals surface area contributed by atoms with Crippen LogP contribution >= 0.6 is 31.9 Å². The van der Waals surface area contributed by atoms with E-state index >= 15 is 0 Å². The fraction of sp³-hybridized carbons (Fsp3) is 0.188. The van der Waals surface area contributed by atoms with Crippen molar-refractivity contribution in [2.24, 2.45) is 0 Å². The van der Waals surface area contributed by atoms with E-state index in [-0.39, 0.29) is 17.9 Å². The second-order valence-electron chi connectivity index (χ2n) is 5.58. The zero-order valence-electron chi connectivity index (χ0n) is 13.7. The monoisotopic (exact) mass is 527 g/mol. The molecule has 0 aliphatic carbocycles. The van der Waals surface area contributed by atoms with E-state index < -0.39 is 55.1 Å². The van der Waals surface area contributed by atoms with E-state index in [0.29, 0.717) is 12.4 Å². The fourth-order valence-electron chi connectivity index (χ4n) is 2.55. The lowest BCUT2D eigenvalue weighted by atomic mass is 10.0. The predicted molar refractivity (Wildman–Crippen MR) is 94.2 cm³/mol. The Morgan fingerprint density at radius 3 is 2.29 bits per heavy atom. The van der Waals surface area contributed by atoms with E-state index in [1.807, 2.05) is 0 Å². The highest BCUT2D eigenvalue weighted by Crippen LogP contribution is 2.40. The van der Waals surface area contributed by atoms with Gasteiger partial charge in [-0.15, -0.1) is 0 Å². The molecule has 0 saturated carbocycles. The summed E-state index contributed by atoms with van der Waals surface area (Å²) in [5.41, 5.74) is -2.68. The van der Waals surface area contributed by atoms with Gasteiger partial charge in [0.15, 0.2) is 11.6 Å². The van der Waals surface area contributed by atoms with Crippen LogP contribution in [0.15, 0.2) is 21.3 Å². The van der Waals surface area contributed by atoms with Crippen LogP contribution < -0.4 is 0 Å². The molecule has 5 nitrogen and oxygen atoms in total. The van der Waals surface area contributed by atoms with Crippen molar-refractivity contribution >= 4 is 43.4 Å². The Labute approximate surface area is 170 Å². The lowest BCUT2D eigenvalue weighted by Gasteiger charge is -2.11. The number of nitrogens with zero attached hydrogens (tertiary/aromatic N) is 3. The summed E-state index contributed by atoms with van der Waals surface area (Å²) in [5, 5.41) is 9.67. The molecule has 0 saturated heterocycles. The highest BCUT2D eigenvalue weighted by atomic mass is 79.9. The predicted octanol–water partition coefficient (Wildman–Crippen LogP) is 5.05. The van der Waals surface area contributed by atoms with Gasteiger partial charge >= 0.3 is 6.18 Å². The van der Waals surface area contributed by atoms with Crippen molar-refractivity contribution in [2.75, 3.05) is 0 Å². The van der Waals surface area contributed by atoms with E-state index in [0.717, 1.165) is 4.40 Å². The highest BCUT2D eigenvalue weighted by Gasteiger charge is 2.34. The number of carbonyl (C=O) groups is 1. The van der Waals surface area contributed by atoms with Crippen molar-refractivity contribution in [3.8, 4) is 5.75 Å². The molecule has 0 bridgehead atoms. The molecule has 0 aliphatic heterocycles. The first-order valence-corrected chi connectivity index (χ1v) is 9.11. The Bertz CT molecular complexity index is 1100. The number of carbonyl (C=O) groups excluding carboxylic acids is 1. The van der Waals surface area contributed by atoms with Crippen LogP contribution in [0, 0.1) is 11.6 Å². The molecule has 0 amide bonds. The zero-order chi connectivity index (χ0) is 21.0. The number of ketones is 1. The van der Waals surface area contributed by atoms with Crippen LogP contribution in [0.2, 0.25) is 0 Å². The molecule has 1 aromatic carbocycles. The maximum Gasteiger partial charge on any atom is 0.419 e. The van der Waals surface area contributed by atoms with Gasteiger partial charge in [0.25, 0.3) is 0 Å². The van der Waals surface area contributed by atoms with Crippen LogP contribution in [-0.4, -0.2) is 25.3 Å². The van der Waals surface area contributed by atoms with E-state index in [2.05, 4.69) is 41.8 Å². The first-order chi connectivity index (χ1) is 13.0. The number of alkyl halides is 3. The number of phenolic OH excluding ortho intramolecular Hbond substituents is 1. The Hall–Kier alpha value is -2.08. The first kappa shape index (κ1) is 20.6. The molecule has 148 valence electrons. The third-order valence-corrected chi connectivity index (χ3v) is 5.34. The molecule has 3 rings (SSSR count). The van der Waals surface area contributed by atoms with E-state index in [1.165, 1.54) is 0 Å². The number of hydrogen-bond donors (Lipinski definition) is 1. The number of fused-ring (bicyclic) bond motifs is 1.